The van der Waals surface area contributed by atoms with E-state index in [0.29, 0.717) is 17.7 Å². The fraction of sp³-hybridized carbons (Fsp3) is 0.538. The predicted octanol–water partition coefficient (Wildman–Crippen LogP) is 1.92. The maximum Gasteiger partial charge on any atom is 0.116 e. The zero-order valence-electron chi connectivity index (χ0n) is 10.2. The second kappa shape index (κ2) is 4.34. The normalized spacial score (nSPS) is 19.2. The summed E-state index contributed by atoms with van der Waals surface area (Å²) in [5, 5.41) is 12.8. The molecule has 16 heavy (non-hydrogen) atoms. The largest absolute Gasteiger partial charge is 0.508 e. The lowest BCUT2D eigenvalue weighted by molar-refractivity contribution is 0.474. The Hall–Kier alpha value is -1.22. The van der Waals surface area contributed by atoms with Gasteiger partial charge in [0.15, 0.2) is 0 Å². The van der Waals surface area contributed by atoms with Gasteiger partial charge in [-0.1, -0.05) is 0 Å². The van der Waals surface area contributed by atoms with E-state index in [9.17, 15) is 5.11 Å². The molecule has 0 amide bonds. The molecule has 1 unspecified atom stereocenters. The van der Waals surface area contributed by atoms with Crippen LogP contribution in [0, 0.1) is 0 Å². The number of fused-ring (bicyclic) bond motifs is 1. The van der Waals surface area contributed by atoms with Gasteiger partial charge in [0.25, 0.3) is 0 Å². The molecule has 0 aromatic heterocycles. The topological polar surface area (TPSA) is 35.5 Å². The molecule has 0 fully saturated rings. The Labute approximate surface area is 97.1 Å². The molecule has 3 heteroatoms. The second-order valence-corrected chi connectivity index (χ2v) is 4.74. The van der Waals surface area contributed by atoms with Crippen molar-refractivity contribution in [1.82, 2.24) is 5.32 Å². The number of rotatable bonds is 3. The summed E-state index contributed by atoms with van der Waals surface area (Å²) in [4.78, 5) is 2.40. The maximum atomic E-state index is 9.57. The van der Waals surface area contributed by atoms with Gasteiger partial charge in [0.05, 0.1) is 0 Å². The highest BCUT2D eigenvalue weighted by molar-refractivity contribution is 5.62. The number of phenolic OH excluding ortho intramolecular Hbond substituents is 1. The van der Waals surface area contributed by atoms with Crippen LogP contribution in [0.25, 0.3) is 0 Å². The zero-order valence-corrected chi connectivity index (χ0v) is 10.2. The first kappa shape index (κ1) is 11.3. The van der Waals surface area contributed by atoms with Crippen molar-refractivity contribution >= 4 is 5.69 Å². The molecule has 0 spiro atoms. The van der Waals surface area contributed by atoms with Crippen molar-refractivity contribution < 1.29 is 5.11 Å². The zero-order chi connectivity index (χ0) is 11.7. The Kier molecular flexibility index (Phi) is 3.06. The highest BCUT2D eigenvalue weighted by Crippen LogP contribution is 2.38. The summed E-state index contributed by atoms with van der Waals surface area (Å²) in [5.74, 6) is 0.847. The number of aromatic hydroxyl groups is 1. The lowest BCUT2D eigenvalue weighted by Crippen LogP contribution is -2.31. The van der Waals surface area contributed by atoms with Crippen molar-refractivity contribution in [2.24, 2.45) is 0 Å². The number of anilines is 1. The number of hydrogen-bond donors (Lipinski definition) is 2. The first-order chi connectivity index (χ1) is 7.63. The van der Waals surface area contributed by atoms with E-state index >= 15 is 0 Å². The van der Waals surface area contributed by atoms with Crippen molar-refractivity contribution in [3.05, 3.63) is 23.8 Å². The van der Waals surface area contributed by atoms with Crippen LogP contribution in [0.4, 0.5) is 5.69 Å². The molecule has 88 valence electrons. The van der Waals surface area contributed by atoms with Gasteiger partial charge in [-0.05, 0) is 44.7 Å². The molecule has 3 nitrogen and oxygen atoms in total. The van der Waals surface area contributed by atoms with Crippen LogP contribution >= 0.6 is 0 Å². The fourth-order valence-electron chi connectivity index (χ4n) is 2.47. The second-order valence-electron chi connectivity index (χ2n) is 4.74. The molecular formula is C13H20N2O. The molecule has 1 aliphatic heterocycles. The monoisotopic (exact) mass is 220 g/mol. The van der Waals surface area contributed by atoms with E-state index in [0.717, 1.165) is 13.1 Å². The van der Waals surface area contributed by atoms with E-state index in [1.54, 1.807) is 6.07 Å². The van der Waals surface area contributed by atoms with Crippen molar-refractivity contribution in [2.75, 3.05) is 25.0 Å². The van der Waals surface area contributed by atoms with E-state index < -0.39 is 0 Å². The van der Waals surface area contributed by atoms with Gasteiger partial charge in [-0.25, -0.2) is 0 Å². The fourth-order valence-corrected chi connectivity index (χ4v) is 2.47. The lowest BCUT2D eigenvalue weighted by Gasteiger charge is -2.24. The summed E-state index contributed by atoms with van der Waals surface area (Å²) in [6.45, 7) is 6.41. The molecule has 2 rings (SSSR count). The quantitative estimate of drug-likeness (QED) is 0.817. The van der Waals surface area contributed by atoms with Gasteiger partial charge in [-0.3, -0.25) is 0 Å². The van der Waals surface area contributed by atoms with Gasteiger partial charge in [0.1, 0.15) is 5.75 Å². The lowest BCUT2D eigenvalue weighted by atomic mass is 10.0. The number of hydrogen-bond acceptors (Lipinski definition) is 3. The average molecular weight is 220 g/mol. The summed E-state index contributed by atoms with van der Waals surface area (Å²) in [6.07, 6.45) is 0. The first-order valence-corrected chi connectivity index (χ1v) is 5.87. The minimum Gasteiger partial charge on any atom is -0.508 e. The molecule has 1 aliphatic rings. The summed E-state index contributed by atoms with van der Waals surface area (Å²) < 4.78 is 0. The van der Waals surface area contributed by atoms with Gasteiger partial charge >= 0.3 is 0 Å². The van der Waals surface area contributed by atoms with Crippen molar-refractivity contribution in [1.29, 1.82) is 0 Å². The summed E-state index contributed by atoms with van der Waals surface area (Å²) in [6, 6.07) is 6.21. The van der Waals surface area contributed by atoms with Gasteiger partial charge in [-0.2, -0.15) is 0 Å². The number of nitrogens with one attached hydrogen (secondary N) is 1. The van der Waals surface area contributed by atoms with Crippen LogP contribution in [0.2, 0.25) is 0 Å². The van der Waals surface area contributed by atoms with E-state index in [-0.39, 0.29) is 0 Å². The predicted molar refractivity (Wildman–Crippen MR) is 67.3 cm³/mol. The third kappa shape index (κ3) is 1.87. The van der Waals surface area contributed by atoms with E-state index in [4.69, 9.17) is 0 Å². The molecule has 0 bridgehead atoms. The summed E-state index contributed by atoms with van der Waals surface area (Å²) in [7, 11) is 1.97. The Bertz CT molecular complexity index is 376. The molecule has 1 atom stereocenters. The number of benzene rings is 1. The molecule has 0 saturated carbocycles. The Morgan fingerprint density at radius 2 is 2.25 bits per heavy atom. The van der Waals surface area contributed by atoms with E-state index in [1.807, 2.05) is 19.2 Å². The summed E-state index contributed by atoms with van der Waals surface area (Å²) >= 11 is 0. The van der Waals surface area contributed by atoms with Crippen LogP contribution in [0.1, 0.15) is 25.3 Å². The van der Waals surface area contributed by atoms with Crippen LogP contribution in [0.15, 0.2) is 18.2 Å². The van der Waals surface area contributed by atoms with Gasteiger partial charge in [-0.15, -0.1) is 0 Å². The van der Waals surface area contributed by atoms with Crippen LogP contribution in [-0.4, -0.2) is 31.3 Å². The maximum absolute atomic E-state index is 9.57. The van der Waals surface area contributed by atoms with Crippen LogP contribution in [0.3, 0.4) is 0 Å². The minimum atomic E-state index is 0.366. The van der Waals surface area contributed by atoms with Crippen LogP contribution < -0.4 is 10.2 Å². The van der Waals surface area contributed by atoms with Gasteiger partial charge in [0.2, 0.25) is 0 Å². The molecule has 0 saturated heterocycles. The van der Waals surface area contributed by atoms with E-state index in [1.165, 1.54) is 11.3 Å². The Morgan fingerprint density at radius 3 is 2.88 bits per heavy atom. The van der Waals surface area contributed by atoms with Crippen LogP contribution in [0.5, 0.6) is 5.75 Å². The van der Waals surface area contributed by atoms with E-state index in [2.05, 4.69) is 24.1 Å². The molecule has 1 heterocycles. The van der Waals surface area contributed by atoms with Crippen molar-refractivity contribution in [3.63, 3.8) is 0 Å². The third-order valence-electron chi connectivity index (χ3n) is 3.25. The minimum absolute atomic E-state index is 0.366. The first-order valence-electron chi connectivity index (χ1n) is 5.87. The SMILES string of the molecule is CNCC1CN(C(C)C)c2ccc(O)cc21. The standard InChI is InChI=1S/C13H20N2O/c1-9(2)15-8-10(7-14-3)12-6-11(16)4-5-13(12)15/h4-6,9-10,14,16H,7-8H2,1-3H3. The molecule has 0 radical (unpaired) electrons. The number of nitrogens with zero attached hydrogens (tertiary/aromatic N) is 1. The molecule has 2 N–H and O–H groups in total. The van der Waals surface area contributed by atoms with Crippen LogP contribution in [-0.2, 0) is 0 Å². The highest BCUT2D eigenvalue weighted by atomic mass is 16.3. The van der Waals surface area contributed by atoms with Gasteiger partial charge < -0.3 is 15.3 Å². The number of phenols is 1. The van der Waals surface area contributed by atoms with Gasteiger partial charge in [0, 0.05) is 30.7 Å². The van der Waals surface area contributed by atoms with Crippen molar-refractivity contribution in [3.8, 4) is 5.75 Å². The molecule has 1 aromatic carbocycles. The third-order valence-corrected chi connectivity index (χ3v) is 3.25. The Balaban J connectivity index is 2.36. The Morgan fingerprint density at radius 1 is 1.50 bits per heavy atom. The summed E-state index contributed by atoms with van der Waals surface area (Å²) in [5.41, 5.74) is 2.54. The smallest absolute Gasteiger partial charge is 0.116 e. The van der Waals surface area contributed by atoms with Crippen molar-refractivity contribution in [2.45, 2.75) is 25.8 Å². The highest BCUT2D eigenvalue weighted by Gasteiger charge is 2.29. The molecule has 1 aromatic rings. The number of likely N-dealkylation sites (N-methyl/N-ethyl adjacent to an activating group) is 1. The molecule has 0 aliphatic carbocycles. The average Bonchev–Trinajstić information content (AvgIpc) is 2.58. The molecular weight excluding hydrogens is 200 g/mol.